The summed E-state index contributed by atoms with van der Waals surface area (Å²) in [6.07, 6.45) is 2.00. The number of aliphatic carboxylic acids is 1. The minimum absolute atomic E-state index is 0.00749. The van der Waals surface area contributed by atoms with Gasteiger partial charge in [0.25, 0.3) is 0 Å². The number of nitrogens with zero attached hydrogens (tertiary/aromatic N) is 1. The van der Waals surface area contributed by atoms with Crippen molar-refractivity contribution < 1.29 is 24.2 Å². The first-order chi connectivity index (χ1) is 16.4. The Morgan fingerprint density at radius 2 is 1.65 bits per heavy atom. The summed E-state index contributed by atoms with van der Waals surface area (Å²) in [4.78, 5) is 38.6. The number of carbonyl (C=O) groups is 3. The SMILES string of the molecule is CC1C(C(=O)O)CCN1C(=O)[C@@H]1CC[C@H](NC(=O)OCC2c3ccccc3-c3ccccc32)C1. The van der Waals surface area contributed by atoms with Crippen molar-refractivity contribution in [1.82, 2.24) is 10.2 Å². The summed E-state index contributed by atoms with van der Waals surface area (Å²) in [6, 6.07) is 16.0. The molecule has 0 aromatic heterocycles. The predicted molar refractivity (Wildman–Crippen MR) is 126 cm³/mol. The normalized spacial score (nSPS) is 25.6. The smallest absolute Gasteiger partial charge is 0.407 e. The number of carboxylic acids is 1. The fourth-order valence-electron chi connectivity index (χ4n) is 5.96. The molecule has 1 saturated heterocycles. The second-order valence-corrected chi connectivity index (χ2v) is 9.68. The second-order valence-electron chi connectivity index (χ2n) is 9.68. The highest BCUT2D eigenvalue weighted by molar-refractivity contribution is 5.82. The maximum Gasteiger partial charge on any atom is 0.407 e. The molecule has 2 N–H and O–H groups in total. The van der Waals surface area contributed by atoms with Crippen LogP contribution in [0.5, 0.6) is 0 Å². The van der Waals surface area contributed by atoms with Gasteiger partial charge in [0.05, 0.1) is 5.92 Å². The summed E-state index contributed by atoms with van der Waals surface area (Å²) < 4.78 is 5.64. The standard InChI is InChI=1S/C27H30N2O5/c1-16-19(26(31)32)12-13-29(16)25(30)17-10-11-18(14-17)28-27(33)34-15-24-22-8-4-2-6-20(22)21-7-3-5-9-23(21)24/h2-9,16-19,24H,10-15H2,1H3,(H,28,33)(H,31,32)/t16?,17-,18+,19?/m1/s1. The number of carbonyl (C=O) groups excluding carboxylic acids is 2. The molecule has 7 heteroatoms. The van der Waals surface area contributed by atoms with Gasteiger partial charge in [-0.25, -0.2) is 4.79 Å². The molecule has 0 radical (unpaired) electrons. The number of likely N-dealkylation sites (tertiary alicyclic amines) is 1. The lowest BCUT2D eigenvalue weighted by Crippen LogP contribution is -2.41. The van der Waals surface area contributed by atoms with Gasteiger partial charge in [-0.2, -0.15) is 0 Å². The Morgan fingerprint density at radius 1 is 1.00 bits per heavy atom. The topological polar surface area (TPSA) is 95.9 Å². The van der Waals surface area contributed by atoms with Gasteiger partial charge in [0.1, 0.15) is 6.61 Å². The summed E-state index contributed by atoms with van der Waals surface area (Å²) in [5.41, 5.74) is 4.71. The number of carboxylic acid groups (broad SMARTS) is 1. The molecule has 1 saturated carbocycles. The lowest BCUT2D eigenvalue weighted by molar-refractivity contribution is -0.143. The van der Waals surface area contributed by atoms with Crippen molar-refractivity contribution in [3.63, 3.8) is 0 Å². The second kappa shape index (κ2) is 9.12. The maximum absolute atomic E-state index is 13.0. The third-order valence-electron chi connectivity index (χ3n) is 7.80. The van der Waals surface area contributed by atoms with Crippen LogP contribution >= 0.6 is 0 Å². The van der Waals surface area contributed by atoms with Crippen LogP contribution in [0.3, 0.4) is 0 Å². The van der Waals surface area contributed by atoms with Crippen molar-refractivity contribution in [3.8, 4) is 11.1 Å². The fraction of sp³-hybridized carbons (Fsp3) is 0.444. The van der Waals surface area contributed by atoms with Crippen LogP contribution in [-0.2, 0) is 14.3 Å². The quantitative estimate of drug-likeness (QED) is 0.700. The van der Waals surface area contributed by atoms with Crippen molar-refractivity contribution in [1.29, 1.82) is 0 Å². The zero-order valence-electron chi connectivity index (χ0n) is 19.3. The first kappa shape index (κ1) is 22.4. The van der Waals surface area contributed by atoms with E-state index in [1.807, 2.05) is 31.2 Å². The van der Waals surface area contributed by atoms with Crippen molar-refractivity contribution in [3.05, 3.63) is 59.7 Å². The highest BCUT2D eigenvalue weighted by atomic mass is 16.5. The van der Waals surface area contributed by atoms with Gasteiger partial charge in [0.15, 0.2) is 0 Å². The Balaban J connectivity index is 1.15. The molecular formula is C27H30N2O5. The number of fused-ring (bicyclic) bond motifs is 3. The molecule has 1 heterocycles. The Bertz CT molecular complexity index is 1070. The number of alkyl carbamates (subject to hydrolysis) is 1. The van der Waals surface area contributed by atoms with Crippen molar-refractivity contribution in [2.75, 3.05) is 13.2 Å². The van der Waals surface area contributed by atoms with E-state index in [9.17, 15) is 19.5 Å². The minimum atomic E-state index is -0.843. The van der Waals surface area contributed by atoms with Crippen LogP contribution in [0.25, 0.3) is 11.1 Å². The van der Waals surface area contributed by atoms with Gasteiger partial charge < -0.3 is 20.1 Å². The maximum atomic E-state index is 13.0. The third kappa shape index (κ3) is 4.04. The van der Waals surface area contributed by atoms with Gasteiger partial charge in [0.2, 0.25) is 5.91 Å². The van der Waals surface area contributed by atoms with Crippen LogP contribution in [0.1, 0.15) is 49.7 Å². The summed E-state index contributed by atoms with van der Waals surface area (Å²) in [7, 11) is 0. The molecular weight excluding hydrogens is 432 g/mol. The van der Waals surface area contributed by atoms with Crippen molar-refractivity contribution >= 4 is 18.0 Å². The minimum Gasteiger partial charge on any atom is -0.481 e. The van der Waals surface area contributed by atoms with E-state index >= 15 is 0 Å². The summed E-state index contributed by atoms with van der Waals surface area (Å²) in [5.74, 6) is -1.51. The van der Waals surface area contributed by atoms with E-state index in [4.69, 9.17) is 4.74 Å². The first-order valence-corrected chi connectivity index (χ1v) is 12.1. The molecule has 7 nitrogen and oxygen atoms in total. The summed E-state index contributed by atoms with van der Waals surface area (Å²) in [5, 5.41) is 12.3. The third-order valence-corrected chi connectivity index (χ3v) is 7.80. The van der Waals surface area contributed by atoms with Gasteiger partial charge >= 0.3 is 12.1 Å². The van der Waals surface area contributed by atoms with E-state index in [-0.39, 0.29) is 36.4 Å². The van der Waals surface area contributed by atoms with E-state index in [2.05, 4.69) is 29.6 Å². The van der Waals surface area contributed by atoms with Crippen molar-refractivity contribution in [2.24, 2.45) is 11.8 Å². The van der Waals surface area contributed by atoms with Gasteiger partial charge in [-0.1, -0.05) is 48.5 Å². The first-order valence-electron chi connectivity index (χ1n) is 12.1. The van der Waals surface area contributed by atoms with Crippen LogP contribution in [0.4, 0.5) is 4.79 Å². The average molecular weight is 463 g/mol. The van der Waals surface area contributed by atoms with Crippen molar-refractivity contribution in [2.45, 2.75) is 50.6 Å². The summed E-state index contributed by atoms with van der Waals surface area (Å²) >= 11 is 0. The number of benzene rings is 2. The zero-order valence-corrected chi connectivity index (χ0v) is 19.3. The molecule has 3 aliphatic rings. The molecule has 0 bridgehead atoms. The van der Waals surface area contributed by atoms with Crippen LogP contribution < -0.4 is 5.32 Å². The molecule has 1 aliphatic heterocycles. The van der Waals surface area contributed by atoms with Crippen LogP contribution in [0.15, 0.2) is 48.5 Å². The molecule has 0 spiro atoms. The van der Waals surface area contributed by atoms with Crippen LogP contribution in [0.2, 0.25) is 0 Å². The molecule has 34 heavy (non-hydrogen) atoms. The number of nitrogens with one attached hydrogen (secondary N) is 1. The molecule has 4 atom stereocenters. The Hall–Kier alpha value is -3.35. The molecule has 2 aromatic rings. The molecule has 2 fully saturated rings. The molecule has 2 aliphatic carbocycles. The lowest BCUT2D eigenvalue weighted by Gasteiger charge is -2.26. The fourth-order valence-corrected chi connectivity index (χ4v) is 5.96. The van der Waals surface area contributed by atoms with E-state index in [0.29, 0.717) is 32.2 Å². The highest BCUT2D eigenvalue weighted by Crippen LogP contribution is 2.44. The Morgan fingerprint density at radius 3 is 2.26 bits per heavy atom. The van der Waals surface area contributed by atoms with Gasteiger partial charge in [-0.15, -0.1) is 0 Å². The van der Waals surface area contributed by atoms with Crippen LogP contribution in [0, 0.1) is 11.8 Å². The summed E-state index contributed by atoms with van der Waals surface area (Å²) in [6.45, 7) is 2.56. The molecule has 5 rings (SSSR count). The van der Waals surface area contributed by atoms with Gasteiger partial charge in [-0.3, -0.25) is 9.59 Å². The molecule has 2 unspecified atom stereocenters. The number of amides is 2. The Kier molecular flexibility index (Phi) is 6.02. The molecule has 178 valence electrons. The molecule has 2 amide bonds. The number of hydrogen-bond acceptors (Lipinski definition) is 4. The number of hydrogen-bond donors (Lipinski definition) is 2. The van der Waals surface area contributed by atoms with Crippen LogP contribution in [-0.4, -0.2) is 53.2 Å². The molecule has 2 aromatic carbocycles. The lowest BCUT2D eigenvalue weighted by atomic mass is 9.98. The average Bonchev–Trinajstić information content (AvgIpc) is 3.53. The van der Waals surface area contributed by atoms with E-state index in [1.165, 1.54) is 22.3 Å². The van der Waals surface area contributed by atoms with E-state index in [0.717, 1.165) is 0 Å². The number of rotatable bonds is 5. The Labute approximate surface area is 199 Å². The van der Waals surface area contributed by atoms with Gasteiger partial charge in [-0.05, 0) is 54.9 Å². The zero-order chi connectivity index (χ0) is 23.8. The van der Waals surface area contributed by atoms with E-state index in [1.54, 1.807) is 4.90 Å². The van der Waals surface area contributed by atoms with Gasteiger partial charge in [0, 0.05) is 30.5 Å². The monoisotopic (exact) mass is 462 g/mol. The predicted octanol–water partition coefficient (Wildman–Crippen LogP) is 4.02. The largest absolute Gasteiger partial charge is 0.481 e. The highest BCUT2D eigenvalue weighted by Gasteiger charge is 2.42. The number of ether oxygens (including phenoxy) is 1. The van der Waals surface area contributed by atoms with E-state index < -0.39 is 18.0 Å².